The van der Waals surface area contributed by atoms with E-state index in [-0.39, 0.29) is 5.82 Å². The highest BCUT2D eigenvalue weighted by Crippen LogP contribution is 2.12. The van der Waals surface area contributed by atoms with Crippen molar-refractivity contribution < 1.29 is 9.13 Å². The van der Waals surface area contributed by atoms with Gasteiger partial charge >= 0.3 is 0 Å². The number of ether oxygens (including phenoxy) is 1. The van der Waals surface area contributed by atoms with Gasteiger partial charge in [0.25, 0.3) is 0 Å². The molecule has 0 saturated carbocycles. The molecule has 19 heavy (non-hydrogen) atoms. The summed E-state index contributed by atoms with van der Waals surface area (Å²) in [4.78, 5) is 4.30. The molecule has 0 radical (unpaired) electrons. The standard InChI is InChI=1S/C15H17FN2O/c1-2-17-9-14-7-8-15(10-18-14)19-11-12-3-5-13(16)6-4-12/h3-8,10,17H,2,9,11H2,1H3. The zero-order valence-electron chi connectivity index (χ0n) is 10.9. The molecule has 1 aromatic carbocycles. The molecule has 0 amide bonds. The van der Waals surface area contributed by atoms with Gasteiger partial charge in [0.05, 0.1) is 11.9 Å². The van der Waals surface area contributed by atoms with Gasteiger partial charge in [-0.25, -0.2) is 4.39 Å². The van der Waals surface area contributed by atoms with Gasteiger partial charge in [-0.3, -0.25) is 4.98 Å². The van der Waals surface area contributed by atoms with Crippen LogP contribution in [0.2, 0.25) is 0 Å². The highest BCUT2D eigenvalue weighted by molar-refractivity contribution is 5.21. The summed E-state index contributed by atoms with van der Waals surface area (Å²) in [5.74, 6) is 0.475. The van der Waals surface area contributed by atoms with E-state index in [0.717, 1.165) is 24.3 Å². The molecule has 0 aliphatic heterocycles. The second-order valence-electron chi connectivity index (χ2n) is 4.18. The molecule has 0 aliphatic rings. The lowest BCUT2D eigenvalue weighted by Crippen LogP contribution is -2.12. The number of nitrogens with zero attached hydrogens (tertiary/aromatic N) is 1. The first-order chi connectivity index (χ1) is 9.28. The molecule has 0 aliphatic carbocycles. The molecule has 0 saturated heterocycles. The highest BCUT2D eigenvalue weighted by atomic mass is 19.1. The molecule has 2 aromatic rings. The van der Waals surface area contributed by atoms with Gasteiger partial charge < -0.3 is 10.1 Å². The van der Waals surface area contributed by atoms with Gasteiger partial charge in [-0.2, -0.15) is 0 Å². The average Bonchev–Trinajstić information content (AvgIpc) is 2.46. The van der Waals surface area contributed by atoms with E-state index in [1.165, 1.54) is 12.1 Å². The Morgan fingerprint density at radius 3 is 2.58 bits per heavy atom. The van der Waals surface area contributed by atoms with Crippen LogP contribution >= 0.6 is 0 Å². The second kappa shape index (κ2) is 6.85. The monoisotopic (exact) mass is 260 g/mol. The summed E-state index contributed by atoms with van der Waals surface area (Å²) in [6.07, 6.45) is 1.70. The number of pyridine rings is 1. The fourth-order valence-corrected chi connectivity index (χ4v) is 1.60. The summed E-state index contributed by atoms with van der Waals surface area (Å²) in [6, 6.07) is 10.1. The maximum Gasteiger partial charge on any atom is 0.138 e. The third-order valence-corrected chi connectivity index (χ3v) is 2.67. The predicted octanol–water partition coefficient (Wildman–Crippen LogP) is 2.91. The smallest absolute Gasteiger partial charge is 0.138 e. The van der Waals surface area contributed by atoms with Crippen LogP contribution in [0.3, 0.4) is 0 Å². The fourth-order valence-electron chi connectivity index (χ4n) is 1.60. The summed E-state index contributed by atoms with van der Waals surface area (Å²) in [7, 11) is 0. The van der Waals surface area contributed by atoms with Gasteiger partial charge in [0, 0.05) is 6.54 Å². The highest BCUT2D eigenvalue weighted by Gasteiger charge is 1.98. The zero-order valence-corrected chi connectivity index (χ0v) is 10.9. The lowest BCUT2D eigenvalue weighted by atomic mass is 10.2. The van der Waals surface area contributed by atoms with Gasteiger partial charge in [-0.05, 0) is 36.4 Å². The summed E-state index contributed by atoms with van der Waals surface area (Å²) < 4.78 is 18.3. The van der Waals surface area contributed by atoms with Crippen LogP contribution in [0.5, 0.6) is 5.75 Å². The molecule has 1 heterocycles. The first kappa shape index (κ1) is 13.5. The molecule has 0 spiro atoms. The van der Waals surface area contributed by atoms with Crippen molar-refractivity contribution in [3.63, 3.8) is 0 Å². The number of benzene rings is 1. The molecule has 100 valence electrons. The zero-order chi connectivity index (χ0) is 13.5. The van der Waals surface area contributed by atoms with Crippen LogP contribution in [-0.4, -0.2) is 11.5 Å². The van der Waals surface area contributed by atoms with Crippen molar-refractivity contribution in [3.8, 4) is 5.75 Å². The topological polar surface area (TPSA) is 34.1 Å². The minimum absolute atomic E-state index is 0.238. The molecule has 0 atom stereocenters. The van der Waals surface area contributed by atoms with Crippen molar-refractivity contribution in [3.05, 3.63) is 59.7 Å². The SMILES string of the molecule is CCNCc1ccc(OCc2ccc(F)cc2)cn1. The number of halogens is 1. The van der Waals surface area contributed by atoms with E-state index in [0.29, 0.717) is 12.4 Å². The Labute approximate surface area is 112 Å². The molecule has 2 rings (SSSR count). The van der Waals surface area contributed by atoms with E-state index in [1.807, 2.05) is 12.1 Å². The number of hydrogen-bond acceptors (Lipinski definition) is 3. The second-order valence-corrected chi connectivity index (χ2v) is 4.18. The van der Waals surface area contributed by atoms with Crippen LogP contribution in [0.25, 0.3) is 0 Å². The van der Waals surface area contributed by atoms with Crippen molar-refractivity contribution >= 4 is 0 Å². The third-order valence-electron chi connectivity index (χ3n) is 2.67. The Kier molecular flexibility index (Phi) is 4.86. The number of nitrogens with one attached hydrogen (secondary N) is 1. The summed E-state index contributed by atoms with van der Waals surface area (Å²) in [5, 5.41) is 3.21. The summed E-state index contributed by atoms with van der Waals surface area (Å²) in [6.45, 7) is 4.15. The van der Waals surface area contributed by atoms with Crippen LogP contribution in [0.15, 0.2) is 42.6 Å². The minimum atomic E-state index is -0.238. The van der Waals surface area contributed by atoms with Gasteiger partial charge in [-0.15, -0.1) is 0 Å². The van der Waals surface area contributed by atoms with Crippen LogP contribution in [0, 0.1) is 5.82 Å². The molecule has 0 fully saturated rings. The molecular formula is C15H17FN2O. The first-order valence-electron chi connectivity index (χ1n) is 6.31. The quantitative estimate of drug-likeness (QED) is 0.867. The molecular weight excluding hydrogens is 243 g/mol. The number of aromatic nitrogens is 1. The molecule has 1 N–H and O–H groups in total. The Balaban J connectivity index is 1.87. The fraction of sp³-hybridized carbons (Fsp3) is 0.267. The normalized spacial score (nSPS) is 10.4. The predicted molar refractivity (Wildman–Crippen MR) is 72.3 cm³/mol. The third kappa shape index (κ3) is 4.34. The van der Waals surface area contributed by atoms with Crippen molar-refractivity contribution in [2.24, 2.45) is 0 Å². The van der Waals surface area contributed by atoms with Crippen molar-refractivity contribution in [1.29, 1.82) is 0 Å². The van der Waals surface area contributed by atoms with E-state index in [1.54, 1.807) is 18.3 Å². The molecule has 1 aromatic heterocycles. The van der Waals surface area contributed by atoms with Crippen molar-refractivity contribution in [1.82, 2.24) is 10.3 Å². The van der Waals surface area contributed by atoms with E-state index in [9.17, 15) is 4.39 Å². The molecule has 4 heteroatoms. The molecule has 3 nitrogen and oxygen atoms in total. The largest absolute Gasteiger partial charge is 0.487 e. The van der Waals surface area contributed by atoms with Crippen LogP contribution in [0.4, 0.5) is 4.39 Å². The Bertz CT molecular complexity index is 497. The summed E-state index contributed by atoms with van der Waals surface area (Å²) in [5.41, 5.74) is 1.91. The summed E-state index contributed by atoms with van der Waals surface area (Å²) >= 11 is 0. The first-order valence-corrected chi connectivity index (χ1v) is 6.31. The van der Waals surface area contributed by atoms with E-state index in [2.05, 4.69) is 17.2 Å². The van der Waals surface area contributed by atoms with Crippen LogP contribution in [0.1, 0.15) is 18.2 Å². The van der Waals surface area contributed by atoms with Crippen molar-refractivity contribution in [2.75, 3.05) is 6.54 Å². The van der Waals surface area contributed by atoms with Crippen LogP contribution in [-0.2, 0) is 13.2 Å². The van der Waals surface area contributed by atoms with E-state index < -0.39 is 0 Å². The van der Waals surface area contributed by atoms with Crippen LogP contribution < -0.4 is 10.1 Å². The van der Waals surface area contributed by atoms with Gasteiger partial charge in [-0.1, -0.05) is 19.1 Å². The van der Waals surface area contributed by atoms with Gasteiger partial charge in [0.15, 0.2) is 0 Å². The average molecular weight is 260 g/mol. The van der Waals surface area contributed by atoms with E-state index >= 15 is 0 Å². The lowest BCUT2D eigenvalue weighted by molar-refractivity contribution is 0.304. The Hall–Kier alpha value is -1.94. The minimum Gasteiger partial charge on any atom is -0.487 e. The maximum atomic E-state index is 12.7. The maximum absolute atomic E-state index is 12.7. The van der Waals surface area contributed by atoms with Gasteiger partial charge in [0.1, 0.15) is 18.2 Å². The lowest BCUT2D eigenvalue weighted by Gasteiger charge is -2.07. The Morgan fingerprint density at radius 1 is 1.16 bits per heavy atom. The Morgan fingerprint density at radius 2 is 1.95 bits per heavy atom. The number of rotatable bonds is 6. The van der Waals surface area contributed by atoms with E-state index in [4.69, 9.17) is 4.74 Å². The van der Waals surface area contributed by atoms with Gasteiger partial charge in [0.2, 0.25) is 0 Å². The molecule has 0 unspecified atom stereocenters. The molecule has 0 bridgehead atoms. The number of hydrogen-bond donors (Lipinski definition) is 1. The van der Waals surface area contributed by atoms with Crippen molar-refractivity contribution in [2.45, 2.75) is 20.1 Å².